The number of hydrazone groups is 1. The third kappa shape index (κ3) is 6.56. The number of ether oxygens (including phenoxy) is 3. The van der Waals surface area contributed by atoms with Gasteiger partial charge in [0.2, 0.25) is 5.13 Å². The molecule has 0 aliphatic heterocycles. The smallest absolute Gasteiger partial charge is 0.343 e. The number of esters is 1. The molecule has 0 saturated carbocycles. The molecule has 0 saturated heterocycles. The summed E-state index contributed by atoms with van der Waals surface area (Å²) in [4.78, 5) is 36.6. The largest absolute Gasteiger partial charge is 0.493 e. The van der Waals surface area contributed by atoms with Crippen LogP contribution in [0.5, 0.6) is 17.2 Å². The molecule has 0 atom stereocenters. The normalized spacial score (nSPS) is 10.6. The molecule has 0 bridgehead atoms. The number of rotatable bonds is 8. The van der Waals surface area contributed by atoms with Crippen molar-refractivity contribution in [3.05, 3.63) is 83.9 Å². The van der Waals surface area contributed by atoms with Crippen molar-refractivity contribution in [2.24, 2.45) is 5.10 Å². The Morgan fingerprint density at radius 1 is 0.868 bits per heavy atom. The predicted octanol–water partition coefficient (Wildman–Crippen LogP) is 3.53. The molecule has 0 unspecified atom stereocenters. The van der Waals surface area contributed by atoms with Gasteiger partial charge in [-0.3, -0.25) is 14.9 Å². The molecule has 2 N–H and O–H groups in total. The van der Waals surface area contributed by atoms with Crippen LogP contribution >= 0.6 is 11.3 Å². The third-order valence-corrected chi connectivity index (χ3v) is 5.85. The van der Waals surface area contributed by atoms with Crippen LogP contribution in [0, 0.1) is 0 Å². The number of anilines is 1. The Balaban J connectivity index is 1.28. The van der Waals surface area contributed by atoms with Crippen LogP contribution in [0.1, 0.15) is 15.9 Å². The molecule has 1 heterocycles. The SMILES string of the molecule is COc1ccc(C(=O)Oc2ccc(/C=N\NC(=O)C(=O)Nc3nnc(-c4ccccc4)s3)cc2)cc1OC. The molecule has 2 amide bonds. The van der Waals surface area contributed by atoms with Gasteiger partial charge in [-0.15, -0.1) is 10.2 Å². The second-order valence-corrected chi connectivity index (χ2v) is 8.44. The zero-order valence-electron chi connectivity index (χ0n) is 20.2. The van der Waals surface area contributed by atoms with Crippen LogP contribution in [-0.2, 0) is 9.59 Å². The summed E-state index contributed by atoms with van der Waals surface area (Å²) in [5.74, 6) is -1.28. The zero-order valence-corrected chi connectivity index (χ0v) is 21.0. The molecule has 0 aliphatic carbocycles. The minimum atomic E-state index is -0.974. The first kappa shape index (κ1) is 26.0. The molecule has 11 nitrogen and oxygen atoms in total. The summed E-state index contributed by atoms with van der Waals surface area (Å²) < 4.78 is 15.7. The van der Waals surface area contributed by atoms with E-state index in [1.165, 1.54) is 26.5 Å². The Morgan fingerprint density at radius 3 is 2.32 bits per heavy atom. The van der Waals surface area contributed by atoms with Crippen LogP contribution in [0.15, 0.2) is 77.9 Å². The van der Waals surface area contributed by atoms with E-state index in [4.69, 9.17) is 14.2 Å². The second kappa shape index (κ2) is 12.2. The van der Waals surface area contributed by atoms with E-state index in [1.54, 1.807) is 36.4 Å². The molecule has 3 aromatic carbocycles. The summed E-state index contributed by atoms with van der Waals surface area (Å²) in [6, 6.07) is 20.4. The Bertz CT molecular complexity index is 1470. The molecule has 12 heteroatoms. The van der Waals surface area contributed by atoms with E-state index in [2.05, 4.69) is 26.0 Å². The highest BCUT2D eigenvalue weighted by molar-refractivity contribution is 7.18. The first-order valence-corrected chi connectivity index (χ1v) is 11.9. The monoisotopic (exact) mass is 531 g/mol. The maximum atomic E-state index is 12.4. The van der Waals surface area contributed by atoms with E-state index in [0.717, 1.165) is 16.9 Å². The quantitative estimate of drug-likeness (QED) is 0.116. The average molecular weight is 532 g/mol. The van der Waals surface area contributed by atoms with Gasteiger partial charge in [0.05, 0.1) is 26.0 Å². The van der Waals surface area contributed by atoms with Crippen LogP contribution in [0.25, 0.3) is 10.6 Å². The lowest BCUT2D eigenvalue weighted by atomic mass is 10.2. The van der Waals surface area contributed by atoms with E-state index >= 15 is 0 Å². The number of nitrogens with zero attached hydrogens (tertiary/aromatic N) is 3. The van der Waals surface area contributed by atoms with E-state index in [0.29, 0.717) is 33.4 Å². The molecule has 0 fully saturated rings. The van der Waals surface area contributed by atoms with Crippen molar-refractivity contribution in [2.45, 2.75) is 0 Å². The number of carbonyl (C=O) groups is 3. The minimum Gasteiger partial charge on any atom is -0.493 e. The van der Waals surface area contributed by atoms with Crippen LogP contribution in [-0.4, -0.2) is 48.4 Å². The zero-order chi connectivity index (χ0) is 26.9. The number of aromatic nitrogens is 2. The molecular weight excluding hydrogens is 510 g/mol. The first-order valence-electron chi connectivity index (χ1n) is 11.0. The number of benzene rings is 3. The van der Waals surface area contributed by atoms with Crippen LogP contribution in [0.3, 0.4) is 0 Å². The standard InChI is InChI=1S/C26H21N5O6S/c1-35-20-13-10-18(14-21(20)36-2)25(34)37-19-11-8-16(9-12-19)15-27-29-23(33)22(32)28-26-31-30-24(38-26)17-6-4-3-5-7-17/h3-15H,1-2H3,(H,29,33)(H,28,31,32)/b27-15-. The molecule has 0 radical (unpaired) electrons. The number of methoxy groups -OCH3 is 2. The highest BCUT2D eigenvalue weighted by Crippen LogP contribution is 2.28. The van der Waals surface area contributed by atoms with Crippen molar-refractivity contribution in [2.75, 3.05) is 19.5 Å². The van der Waals surface area contributed by atoms with Gasteiger partial charge in [0.1, 0.15) is 10.8 Å². The molecule has 4 rings (SSSR count). The maximum Gasteiger partial charge on any atom is 0.343 e. The lowest BCUT2D eigenvalue weighted by Gasteiger charge is -2.09. The Morgan fingerprint density at radius 2 is 1.61 bits per heavy atom. The fourth-order valence-corrected chi connectivity index (χ4v) is 3.84. The molecule has 0 spiro atoms. The van der Waals surface area contributed by atoms with Gasteiger partial charge in [-0.2, -0.15) is 5.10 Å². The van der Waals surface area contributed by atoms with Gasteiger partial charge >= 0.3 is 17.8 Å². The summed E-state index contributed by atoms with van der Waals surface area (Å²) in [7, 11) is 2.98. The number of nitrogens with one attached hydrogen (secondary N) is 2. The summed E-state index contributed by atoms with van der Waals surface area (Å²) in [5, 5.41) is 14.8. The summed E-state index contributed by atoms with van der Waals surface area (Å²) in [6.07, 6.45) is 1.34. The lowest BCUT2D eigenvalue weighted by molar-refractivity contribution is -0.136. The van der Waals surface area contributed by atoms with E-state index < -0.39 is 17.8 Å². The van der Waals surface area contributed by atoms with Crippen LogP contribution in [0.2, 0.25) is 0 Å². The number of hydrogen-bond acceptors (Lipinski definition) is 10. The lowest BCUT2D eigenvalue weighted by Crippen LogP contribution is -2.32. The number of amides is 2. The van der Waals surface area contributed by atoms with Gasteiger partial charge < -0.3 is 14.2 Å². The van der Waals surface area contributed by atoms with Crippen LogP contribution in [0.4, 0.5) is 5.13 Å². The summed E-state index contributed by atoms with van der Waals surface area (Å²) >= 11 is 1.14. The molecule has 38 heavy (non-hydrogen) atoms. The van der Waals surface area contributed by atoms with Crippen molar-refractivity contribution >= 4 is 40.5 Å². The van der Waals surface area contributed by atoms with E-state index in [-0.39, 0.29) is 5.13 Å². The first-order chi connectivity index (χ1) is 18.5. The van der Waals surface area contributed by atoms with Crippen molar-refractivity contribution in [1.29, 1.82) is 0 Å². The van der Waals surface area contributed by atoms with Gasteiger partial charge in [-0.05, 0) is 48.0 Å². The Labute approximate surface area is 221 Å². The van der Waals surface area contributed by atoms with Crippen molar-refractivity contribution in [3.63, 3.8) is 0 Å². The van der Waals surface area contributed by atoms with Gasteiger partial charge in [-0.25, -0.2) is 10.2 Å². The third-order valence-electron chi connectivity index (χ3n) is 4.96. The van der Waals surface area contributed by atoms with Gasteiger partial charge in [0.15, 0.2) is 11.5 Å². The molecule has 0 aliphatic rings. The van der Waals surface area contributed by atoms with Crippen LogP contribution < -0.4 is 25.0 Å². The summed E-state index contributed by atoms with van der Waals surface area (Å²) in [5.41, 5.74) is 3.88. The number of hydrogen-bond donors (Lipinski definition) is 2. The van der Waals surface area contributed by atoms with Crippen molar-refractivity contribution in [3.8, 4) is 27.8 Å². The molecule has 4 aromatic rings. The second-order valence-electron chi connectivity index (χ2n) is 7.46. The highest BCUT2D eigenvalue weighted by atomic mass is 32.1. The fraction of sp³-hybridized carbons (Fsp3) is 0.0769. The predicted molar refractivity (Wildman–Crippen MR) is 141 cm³/mol. The number of carbonyl (C=O) groups excluding carboxylic acids is 3. The minimum absolute atomic E-state index is 0.186. The molecule has 192 valence electrons. The van der Waals surface area contributed by atoms with Gasteiger partial charge in [0.25, 0.3) is 0 Å². The maximum absolute atomic E-state index is 12.4. The average Bonchev–Trinajstić information content (AvgIpc) is 3.42. The molecule has 1 aromatic heterocycles. The Hall–Kier alpha value is -5.10. The topological polar surface area (TPSA) is 141 Å². The van der Waals surface area contributed by atoms with Gasteiger partial charge in [-0.1, -0.05) is 41.7 Å². The van der Waals surface area contributed by atoms with Crippen molar-refractivity contribution in [1.82, 2.24) is 15.6 Å². The van der Waals surface area contributed by atoms with Gasteiger partial charge in [0, 0.05) is 5.56 Å². The Kier molecular flexibility index (Phi) is 8.36. The highest BCUT2D eigenvalue weighted by Gasteiger charge is 2.16. The van der Waals surface area contributed by atoms with Crippen molar-refractivity contribution < 1.29 is 28.6 Å². The fourth-order valence-electron chi connectivity index (χ4n) is 3.09. The molecular formula is C26H21N5O6S. The van der Waals surface area contributed by atoms with E-state index in [1.807, 2.05) is 30.3 Å². The van der Waals surface area contributed by atoms with E-state index in [9.17, 15) is 14.4 Å². The summed E-state index contributed by atoms with van der Waals surface area (Å²) in [6.45, 7) is 0.